The second kappa shape index (κ2) is 6.15. The van der Waals surface area contributed by atoms with Crippen LogP contribution in [-0.2, 0) is 17.8 Å². The Morgan fingerprint density at radius 2 is 1.92 bits per heavy atom. The van der Waals surface area contributed by atoms with Gasteiger partial charge in [0, 0.05) is 23.1 Å². The summed E-state index contributed by atoms with van der Waals surface area (Å²) in [5, 5.41) is 8.44. The van der Waals surface area contributed by atoms with Crippen LogP contribution in [0, 0.1) is 27.7 Å². The summed E-state index contributed by atoms with van der Waals surface area (Å²) in [7, 11) is 0. The third kappa shape index (κ3) is 2.70. The van der Waals surface area contributed by atoms with Gasteiger partial charge in [-0.2, -0.15) is 5.10 Å². The van der Waals surface area contributed by atoms with E-state index in [0.29, 0.717) is 6.42 Å². The Labute approximate surface area is 142 Å². The van der Waals surface area contributed by atoms with E-state index in [2.05, 4.69) is 41.4 Å². The third-order valence-corrected chi connectivity index (χ3v) is 4.70. The van der Waals surface area contributed by atoms with Crippen molar-refractivity contribution >= 4 is 22.5 Å². The van der Waals surface area contributed by atoms with Crippen molar-refractivity contribution in [2.24, 2.45) is 0 Å². The molecule has 0 aliphatic heterocycles. The van der Waals surface area contributed by atoms with E-state index in [9.17, 15) is 4.79 Å². The van der Waals surface area contributed by atoms with Crippen molar-refractivity contribution in [2.75, 3.05) is 5.32 Å². The van der Waals surface area contributed by atoms with Crippen LogP contribution in [0.5, 0.6) is 0 Å². The number of amides is 1. The fourth-order valence-electron chi connectivity index (χ4n) is 3.28. The zero-order valence-corrected chi connectivity index (χ0v) is 14.9. The number of nitrogens with one attached hydrogen (secondary N) is 2. The largest absolute Gasteiger partial charge is 0.358 e. The highest BCUT2D eigenvalue weighted by atomic mass is 16.1. The highest BCUT2D eigenvalue weighted by Crippen LogP contribution is 2.28. The molecule has 126 valence electrons. The molecule has 1 aromatic carbocycles. The lowest BCUT2D eigenvalue weighted by atomic mass is 10.0. The number of carbonyl (C=O) groups is 1. The first-order valence-electron chi connectivity index (χ1n) is 8.32. The second-order valence-electron chi connectivity index (χ2n) is 6.36. The van der Waals surface area contributed by atoms with Crippen LogP contribution in [-0.4, -0.2) is 20.7 Å². The van der Waals surface area contributed by atoms with Crippen LogP contribution in [0.1, 0.15) is 35.0 Å². The molecular formula is C19H24N4O. The van der Waals surface area contributed by atoms with Gasteiger partial charge >= 0.3 is 0 Å². The standard InChI is InChI=1S/C19H24N4O/c1-6-23-14(5)16(10-20-23)22-17(24)9-15-13(4)21-19-12(3)8-7-11(2)18(15)19/h7-8,10,21H,6,9H2,1-5H3,(H,22,24). The van der Waals surface area contributed by atoms with Crippen molar-refractivity contribution in [2.45, 2.75) is 47.6 Å². The predicted octanol–water partition coefficient (Wildman–Crippen LogP) is 3.80. The van der Waals surface area contributed by atoms with E-state index in [4.69, 9.17) is 0 Å². The molecule has 0 bridgehead atoms. The molecule has 2 aromatic heterocycles. The Bertz CT molecular complexity index is 917. The molecule has 24 heavy (non-hydrogen) atoms. The summed E-state index contributed by atoms with van der Waals surface area (Å²) in [6.07, 6.45) is 2.07. The molecule has 0 aliphatic carbocycles. The number of aryl methyl sites for hydroxylation is 4. The van der Waals surface area contributed by atoms with E-state index < -0.39 is 0 Å². The van der Waals surface area contributed by atoms with Gasteiger partial charge in [-0.05, 0) is 51.3 Å². The summed E-state index contributed by atoms with van der Waals surface area (Å²) >= 11 is 0. The van der Waals surface area contributed by atoms with Gasteiger partial charge in [0.05, 0.1) is 24.0 Å². The minimum Gasteiger partial charge on any atom is -0.358 e. The molecule has 3 aromatic rings. The quantitative estimate of drug-likeness (QED) is 0.767. The highest BCUT2D eigenvalue weighted by Gasteiger charge is 2.16. The van der Waals surface area contributed by atoms with E-state index >= 15 is 0 Å². The van der Waals surface area contributed by atoms with Crippen molar-refractivity contribution in [1.82, 2.24) is 14.8 Å². The summed E-state index contributed by atoms with van der Waals surface area (Å²) in [6.45, 7) is 11.0. The molecule has 5 nitrogen and oxygen atoms in total. The number of benzene rings is 1. The van der Waals surface area contributed by atoms with Crippen LogP contribution in [0.2, 0.25) is 0 Å². The highest BCUT2D eigenvalue weighted by molar-refractivity contribution is 5.98. The molecule has 0 saturated carbocycles. The van der Waals surface area contributed by atoms with Gasteiger partial charge in [-0.3, -0.25) is 9.48 Å². The molecular weight excluding hydrogens is 300 g/mol. The van der Waals surface area contributed by atoms with Crippen molar-refractivity contribution in [3.63, 3.8) is 0 Å². The maximum Gasteiger partial charge on any atom is 0.228 e. The zero-order valence-electron chi connectivity index (χ0n) is 14.9. The third-order valence-electron chi connectivity index (χ3n) is 4.70. The SMILES string of the molecule is CCn1ncc(NC(=O)Cc2c(C)[nH]c3c(C)ccc(C)c23)c1C. The molecule has 0 radical (unpaired) electrons. The summed E-state index contributed by atoms with van der Waals surface area (Å²) in [5.41, 5.74) is 7.41. The molecule has 0 saturated heterocycles. The molecule has 0 unspecified atom stereocenters. The van der Waals surface area contributed by atoms with Crippen LogP contribution in [0.4, 0.5) is 5.69 Å². The van der Waals surface area contributed by atoms with Gasteiger partial charge in [0.1, 0.15) is 0 Å². The van der Waals surface area contributed by atoms with Gasteiger partial charge in [-0.25, -0.2) is 0 Å². The monoisotopic (exact) mass is 324 g/mol. The van der Waals surface area contributed by atoms with Crippen LogP contribution < -0.4 is 5.32 Å². The number of anilines is 1. The van der Waals surface area contributed by atoms with Crippen molar-refractivity contribution < 1.29 is 4.79 Å². The molecule has 0 fully saturated rings. The Hall–Kier alpha value is -2.56. The Morgan fingerprint density at radius 1 is 1.21 bits per heavy atom. The smallest absolute Gasteiger partial charge is 0.228 e. The maximum atomic E-state index is 12.6. The number of carbonyl (C=O) groups excluding carboxylic acids is 1. The van der Waals surface area contributed by atoms with Gasteiger partial charge in [-0.1, -0.05) is 12.1 Å². The minimum atomic E-state index is -0.0151. The number of nitrogens with zero attached hydrogens (tertiary/aromatic N) is 2. The summed E-state index contributed by atoms with van der Waals surface area (Å²) in [4.78, 5) is 16.0. The number of aromatic amines is 1. The van der Waals surface area contributed by atoms with Gasteiger partial charge in [-0.15, -0.1) is 0 Å². The fourth-order valence-corrected chi connectivity index (χ4v) is 3.28. The Kier molecular flexibility index (Phi) is 4.18. The number of fused-ring (bicyclic) bond motifs is 1. The minimum absolute atomic E-state index is 0.0151. The lowest BCUT2D eigenvalue weighted by molar-refractivity contribution is -0.115. The first-order chi connectivity index (χ1) is 11.4. The van der Waals surface area contributed by atoms with E-state index in [1.807, 2.05) is 25.5 Å². The molecule has 2 heterocycles. The van der Waals surface area contributed by atoms with Crippen LogP contribution >= 0.6 is 0 Å². The van der Waals surface area contributed by atoms with Gasteiger partial charge in [0.25, 0.3) is 0 Å². The zero-order chi connectivity index (χ0) is 17.4. The molecule has 0 aliphatic rings. The van der Waals surface area contributed by atoms with Gasteiger partial charge < -0.3 is 10.3 Å². The van der Waals surface area contributed by atoms with E-state index in [1.165, 1.54) is 16.5 Å². The van der Waals surface area contributed by atoms with Crippen LogP contribution in [0.15, 0.2) is 18.3 Å². The lowest BCUT2D eigenvalue weighted by Crippen LogP contribution is -2.15. The first kappa shape index (κ1) is 16.3. The number of rotatable bonds is 4. The Morgan fingerprint density at radius 3 is 2.58 bits per heavy atom. The van der Waals surface area contributed by atoms with E-state index in [1.54, 1.807) is 6.20 Å². The average Bonchev–Trinajstić information content (AvgIpc) is 3.05. The first-order valence-corrected chi connectivity index (χ1v) is 8.32. The molecule has 2 N–H and O–H groups in total. The topological polar surface area (TPSA) is 62.7 Å². The second-order valence-corrected chi connectivity index (χ2v) is 6.36. The number of H-pyrrole nitrogens is 1. The average molecular weight is 324 g/mol. The van der Waals surface area contributed by atoms with Crippen molar-refractivity contribution in [3.05, 3.63) is 46.4 Å². The summed E-state index contributed by atoms with van der Waals surface area (Å²) < 4.78 is 1.88. The molecule has 5 heteroatoms. The maximum absolute atomic E-state index is 12.6. The Balaban J connectivity index is 1.89. The number of hydrogen-bond acceptors (Lipinski definition) is 2. The van der Waals surface area contributed by atoms with Crippen LogP contribution in [0.25, 0.3) is 10.9 Å². The van der Waals surface area contributed by atoms with E-state index in [0.717, 1.165) is 34.7 Å². The van der Waals surface area contributed by atoms with Crippen LogP contribution in [0.3, 0.4) is 0 Å². The summed E-state index contributed by atoms with van der Waals surface area (Å²) in [6, 6.07) is 4.22. The molecule has 3 rings (SSSR count). The van der Waals surface area contributed by atoms with Gasteiger partial charge in [0.2, 0.25) is 5.91 Å². The molecule has 0 spiro atoms. The summed E-state index contributed by atoms with van der Waals surface area (Å²) in [5.74, 6) is -0.0151. The van der Waals surface area contributed by atoms with Crippen molar-refractivity contribution in [3.8, 4) is 0 Å². The fraction of sp³-hybridized carbons (Fsp3) is 0.368. The molecule has 1 amide bonds. The number of aromatic nitrogens is 3. The lowest BCUT2D eigenvalue weighted by Gasteiger charge is -2.07. The van der Waals surface area contributed by atoms with E-state index in [-0.39, 0.29) is 5.91 Å². The normalized spacial score (nSPS) is 11.2. The predicted molar refractivity (Wildman–Crippen MR) is 97.5 cm³/mol. The van der Waals surface area contributed by atoms with Gasteiger partial charge in [0.15, 0.2) is 0 Å². The van der Waals surface area contributed by atoms with Crippen molar-refractivity contribution in [1.29, 1.82) is 0 Å². The molecule has 0 atom stereocenters. The number of hydrogen-bond donors (Lipinski definition) is 2.